The molecule has 1 aromatic carbocycles. The molecule has 0 amide bonds. The monoisotopic (exact) mass is 302 g/mol. The van der Waals surface area contributed by atoms with Crippen LogP contribution in [0.2, 0.25) is 5.32 Å². The molecule has 0 N–H and O–H groups in total. The van der Waals surface area contributed by atoms with Crippen LogP contribution in [0.15, 0.2) is 18.2 Å². The van der Waals surface area contributed by atoms with E-state index in [2.05, 4.69) is 0 Å². The van der Waals surface area contributed by atoms with Crippen LogP contribution in [0.1, 0.15) is 0 Å². The zero-order valence-corrected chi connectivity index (χ0v) is 10.8. The Balaban J connectivity index is 2.77. The molecule has 1 aromatic rings. The number of ether oxygens (including phenoxy) is 2. The van der Waals surface area contributed by atoms with Crippen LogP contribution in [0.3, 0.4) is 0 Å². The van der Waals surface area contributed by atoms with Gasteiger partial charge in [0, 0.05) is 0 Å². The van der Waals surface area contributed by atoms with E-state index < -0.39 is 4.92 Å². The molecule has 0 fully saturated rings. The second kappa shape index (κ2) is 6.74. The molecule has 1 rings (SSSR count). The zero-order valence-electron chi connectivity index (χ0n) is 9.08. The molecule has 0 unspecified atom stereocenters. The fourth-order valence-corrected chi connectivity index (χ4v) is 1.67. The molecule has 17 heavy (non-hydrogen) atoms. The maximum atomic E-state index is 10.8. The molecule has 0 aromatic heterocycles. The summed E-state index contributed by atoms with van der Waals surface area (Å²) in [5, 5.41) is 19.8. The van der Waals surface area contributed by atoms with Crippen LogP contribution in [-0.2, 0) is 0 Å². The van der Waals surface area contributed by atoms with Gasteiger partial charge in [0.1, 0.15) is 0 Å². The molecule has 0 saturated heterocycles. The Morgan fingerprint density at radius 2 is 2.35 bits per heavy atom. The predicted molar refractivity (Wildman–Crippen MR) is 61.3 cm³/mol. The van der Waals surface area contributed by atoms with Gasteiger partial charge in [-0.05, 0) is 0 Å². The van der Waals surface area contributed by atoms with Crippen LogP contribution in [0.5, 0.6) is 11.5 Å². The van der Waals surface area contributed by atoms with E-state index in [4.69, 9.17) is 14.7 Å². The van der Waals surface area contributed by atoms with Crippen LogP contribution in [0.25, 0.3) is 0 Å². The van der Waals surface area contributed by atoms with Crippen LogP contribution >= 0.6 is 0 Å². The van der Waals surface area contributed by atoms with Gasteiger partial charge in [0.05, 0.1) is 0 Å². The summed E-state index contributed by atoms with van der Waals surface area (Å²) in [5.41, 5.74) is -0.131. The van der Waals surface area contributed by atoms with Gasteiger partial charge in [0.15, 0.2) is 0 Å². The average Bonchev–Trinajstić information content (AvgIpc) is 2.34. The summed E-state index contributed by atoms with van der Waals surface area (Å²) < 4.78 is 10.2. The molecule has 6 nitrogen and oxygen atoms in total. The first-order chi connectivity index (χ1) is 8.19. The van der Waals surface area contributed by atoms with E-state index in [0.717, 1.165) is 0 Å². The van der Waals surface area contributed by atoms with Crippen LogP contribution in [0.4, 0.5) is 5.69 Å². The number of rotatable bonds is 6. The molecule has 7 heteroatoms. The molecule has 90 valence electrons. The first-order valence-electron chi connectivity index (χ1n) is 4.65. The summed E-state index contributed by atoms with van der Waals surface area (Å²) in [6.07, 6.45) is 0. The second-order valence-corrected chi connectivity index (χ2v) is 4.72. The fraction of sp³-hybridized carbons (Fsp3) is 0.300. The SMILES string of the molecule is COc1ccc(OCC[Se]C#N)c([N+](=O)[O-])c1. The number of hydrogen-bond donors (Lipinski definition) is 0. The molecule has 0 bridgehead atoms. The van der Waals surface area contributed by atoms with Crippen molar-refractivity contribution < 1.29 is 14.4 Å². The number of methoxy groups -OCH3 is 1. The molecular weight excluding hydrogens is 291 g/mol. The molecular formula is C10H10N2O4Se. The number of nitro benzene ring substituents is 1. The first-order valence-corrected chi connectivity index (χ1v) is 6.72. The van der Waals surface area contributed by atoms with Crippen molar-refractivity contribution in [3.8, 4) is 16.5 Å². The van der Waals surface area contributed by atoms with Crippen molar-refractivity contribution in [1.29, 1.82) is 5.26 Å². The molecule has 0 aliphatic rings. The van der Waals surface area contributed by atoms with Crippen molar-refractivity contribution in [3.63, 3.8) is 0 Å². The third-order valence-corrected chi connectivity index (χ3v) is 2.92. The molecule has 0 saturated carbocycles. The van der Waals surface area contributed by atoms with E-state index in [1.165, 1.54) is 19.2 Å². The van der Waals surface area contributed by atoms with E-state index in [1.807, 2.05) is 4.97 Å². The molecule has 0 heterocycles. The van der Waals surface area contributed by atoms with Gasteiger partial charge in [-0.1, -0.05) is 0 Å². The predicted octanol–water partition coefficient (Wildman–Crippen LogP) is 1.59. The van der Waals surface area contributed by atoms with E-state index in [0.29, 0.717) is 17.7 Å². The van der Waals surface area contributed by atoms with Gasteiger partial charge in [0.2, 0.25) is 0 Å². The van der Waals surface area contributed by atoms with Crippen molar-refractivity contribution in [1.82, 2.24) is 0 Å². The van der Waals surface area contributed by atoms with Crippen molar-refractivity contribution in [2.24, 2.45) is 0 Å². The Morgan fingerprint density at radius 1 is 1.59 bits per heavy atom. The Kier molecular flexibility index (Phi) is 5.27. The second-order valence-electron chi connectivity index (χ2n) is 2.88. The van der Waals surface area contributed by atoms with Crippen LogP contribution < -0.4 is 9.47 Å². The standard InChI is InChI=1S/C10H10N2O4Se/c1-15-8-2-3-10(9(6-8)12(13)14)16-4-5-17-7-11/h2-3,6H,4-5H2,1H3. The van der Waals surface area contributed by atoms with Gasteiger partial charge in [0.25, 0.3) is 0 Å². The number of hydrogen-bond acceptors (Lipinski definition) is 5. The van der Waals surface area contributed by atoms with E-state index in [-0.39, 0.29) is 26.4 Å². The summed E-state index contributed by atoms with van der Waals surface area (Å²) in [5.74, 6) is 0.606. The molecule has 0 radical (unpaired) electrons. The molecule has 0 aliphatic carbocycles. The van der Waals surface area contributed by atoms with Crippen molar-refractivity contribution in [2.75, 3.05) is 13.7 Å². The maximum absolute atomic E-state index is 10.8. The Morgan fingerprint density at radius 3 is 2.94 bits per heavy atom. The number of benzene rings is 1. The third kappa shape index (κ3) is 3.94. The quantitative estimate of drug-likeness (QED) is 0.345. The van der Waals surface area contributed by atoms with E-state index in [9.17, 15) is 10.1 Å². The van der Waals surface area contributed by atoms with Gasteiger partial charge in [-0.3, -0.25) is 0 Å². The van der Waals surface area contributed by atoms with Crippen LogP contribution in [-0.4, -0.2) is 33.6 Å². The van der Waals surface area contributed by atoms with Gasteiger partial charge in [-0.15, -0.1) is 0 Å². The average molecular weight is 301 g/mol. The minimum atomic E-state index is -0.521. The Hall–Kier alpha value is -1.77. The Bertz CT molecular complexity index is 444. The fourth-order valence-electron chi connectivity index (χ4n) is 1.13. The summed E-state index contributed by atoms with van der Waals surface area (Å²) >= 11 is -0.138. The van der Waals surface area contributed by atoms with Gasteiger partial charge in [-0.2, -0.15) is 0 Å². The Labute approximate surface area is 104 Å². The number of nitro groups is 1. The first kappa shape index (κ1) is 13.3. The van der Waals surface area contributed by atoms with Gasteiger partial charge in [-0.25, -0.2) is 0 Å². The minimum absolute atomic E-state index is 0.131. The molecule has 0 aliphatic heterocycles. The number of nitrogens with zero attached hydrogens (tertiary/aromatic N) is 2. The summed E-state index contributed by atoms with van der Waals surface area (Å²) in [6, 6.07) is 4.40. The van der Waals surface area contributed by atoms with Crippen molar-refractivity contribution >= 4 is 20.6 Å². The summed E-state index contributed by atoms with van der Waals surface area (Å²) in [7, 11) is 1.44. The van der Waals surface area contributed by atoms with Gasteiger partial charge < -0.3 is 0 Å². The third-order valence-electron chi connectivity index (χ3n) is 1.87. The van der Waals surface area contributed by atoms with Crippen molar-refractivity contribution in [3.05, 3.63) is 28.3 Å². The van der Waals surface area contributed by atoms with Crippen LogP contribution in [0, 0.1) is 20.3 Å². The topological polar surface area (TPSA) is 85.4 Å². The summed E-state index contributed by atoms with van der Waals surface area (Å²) in [4.78, 5) is 12.3. The van der Waals surface area contributed by atoms with Gasteiger partial charge >= 0.3 is 104 Å². The number of nitriles is 1. The normalized spacial score (nSPS) is 9.41. The van der Waals surface area contributed by atoms with Crippen molar-refractivity contribution in [2.45, 2.75) is 5.32 Å². The van der Waals surface area contributed by atoms with E-state index >= 15 is 0 Å². The molecule has 0 spiro atoms. The van der Waals surface area contributed by atoms with E-state index in [1.54, 1.807) is 6.07 Å². The summed E-state index contributed by atoms with van der Waals surface area (Å²) in [6.45, 7) is 0.306. The molecule has 0 atom stereocenters. The zero-order chi connectivity index (χ0) is 12.7.